The number of sulfonamides is 1. The summed E-state index contributed by atoms with van der Waals surface area (Å²) in [6.07, 6.45) is 3.08. The summed E-state index contributed by atoms with van der Waals surface area (Å²) < 4.78 is 27.2. The van der Waals surface area contributed by atoms with Crippen LogP contribution in [-0.2, 0) is 10.0 Å². The number of benzene rings is 2. The standard InChI is InChI=1S/C18H21ClN2O3S/c1-2-3-4-13-20-18(22)14-5-11-17(12-6-14)25(23,24)21-16-9-7-15(19)8-10-16/h5-12,21H,2-4,13H2,1H3,(H,20,22). The number of halogens is 1. The molecule has 5 nitrogen and oxygen atoms in total. The molecule has 2 aromatic rings. The van der Waals surface area contributed by atoms with Gasteiger partial charge in [-0.1, -0.05) is 31.4 Å². The van der Waals surface area contributed by atoms with Crippen molar-refractivity contribution in [3.8, 4) is 0 Å². The van der Waals surface area contributed by atoms with Crippen molar-refractivity contribution in [1.29, 1.82) is 0 Å². The summed E-state index contributed by atoms with van der Waals surface area (Å²) in [5.41, 5.74) is 0.851. The van der Waals surface area contributed by atoms with Crippen molar-refractivity contribution in [3.63, 3.8) is 0 Å². The van der Waals surface area contributed by atoms with E-state index in [0.717, 1.165) is 19.3 Å². The van der Waals surface area contributed by atoms with Crippen LogP contribution in [0.2, 0.25) is 5.02 Å². The predicted octanol–water partition coefficient (Wildman–Crippen LogP) is 4.06. The molecule has 0 aliphatic rings. The van der Waals surface area contributed by atoms with Crippen molar-refractivity contribution in [2.24, 2.45) is 0 Å². The average molecular weight is 381 g/mol. The topological polar surface area (TPSA) is 75.3 Å². The number of amides is 1. The maximum absolute atomic E-state index is 12.4. The maximum atomic E-state index is 12.4. The summed E-state index contributed by atoms with van der Waals surface area (Å²) >= 11 is 5.79. The molecule has 2 aromatic carbocycles. The minimum atomic E-state index is -3.72. The van der Waals surface area contributed by atoms with Gasteiger partial charge in [-0.3, -0.25) is 9.52 Å². The van der Waals surface area contributed by atoms with Gasteiger partial charge in [0.25, 0.3) is 15.9 Å². The van der Waals surface area contributed by atoms with Crippen LogP contribution in [0.1, 0.15) is 36.5 Å². The molecule has 0 radical (unpaired) electrons. The van der Waals surface area contributed by atoms with E-state index in [-0.39, 0.29) is 10.8 Å². The second-order valence-corrected chi connectivity index (χ2v) is 7.72. The van der Waals surface area contributed by atoms with Crippen molar-refractivity contribution in [1.82, 2.24) is 5.32 Å². The Hall–Kier alpha value is -2.05. The van der Waals surface area contributed by atoms with Crippen molar-refractivity contribution in [2.75, 3.05) is 11.3 Å². The van der Waals surface area contributed by atoms with Crippen LogP contribution < -0.4 is 10.0 Å². The van der Waals surface area contributed by atoms with E-state index in [1.54, 1.807) is 24.3 Å². The molecular formula is C18H21ClN2O3S. The number of carbonyl (C=O) groups is 1. The second kappa shape index (κ2) is 8.87. The van der Waals surface area contributed by atoms with Crippen molar-refractivity contribution >= 4 is 33.2 Å². The first-order valence-corrected chi connectivity index (χ1v) is 9.95. The number of hydrogen-bond acceptors (Lipinski definition) is 3. The maximum Gasteiger partial charge on any atom is 0.261 e. The van der Waals surface area contributed by atoms with Crippen LogP contribution in [0.3, 0.4) is 0 Å². The molecule has 7 heteroatoms. The number of rotatable bonds is 8. The summed E-state index contributed by atoms with van der Waals surface area (Å²) in [4.78, 5) is 12.1. The molecule has 0 saturated heterocycles. The van der Waals surface area contributed by atoms with Crippen LogP contribution in [0, 0.1) is 0 Å². The number of nitrogens with one attached hydrogen (secondary N) is 2. The molecule has 0 aliphatic heterocycles. The molecule has 1 amide bonds. The highest BCUT2D eigenvalue weighted by Gasteiger charge is 2.15. The van der Waals surface area contributed by atoms with E-state index in [2.05, 4.69) is 17.0 Å². The smallest absolute Gasteiger partial charge is 0.261 e. The SMILES string of the molecule is CCCCCNC(=O)c1ccc(S(=O)(=O)Nc2ccc(Cl)cc2)cc1. The van der Waals surface area contributed by atoms with Gasteiger partial charge in [-0.25, -0.2) is 8.42 Å². The zero-order chi connectivity index (χ0) is 18.3. The van der Waals surface area contributed by atoms with E-state index in [4.69, 9.17) is 11.6 Å². The molecule has 0 fully saturated rings. The Kier molecular flexibility index (Phi) is 6.84. The van der Waals surface area contributed by atoms with Crippen LogP contribution in [0.4, 0.5) is 5.69 Å². The molecular weight excluding hydrogens is 360 g/mol. The van der Waals surface area contributed by atoms with Gasteiger partial charge in [0.05, 0.1) is 4.90 Å². The zero-order valence-electron chi connectivity index (χ0n) is 14.0. The highest BCUT2D eigenvalue weighted by molar-refractivity contribution is 7.92. The predicted molar refractivity (Wildman–Crippen MR) is 101 cm³/mol. The second-order valence-electron chi connectivity index (χ2n) is 5.60. The van der Waals surface area contributed by atoms with Gasteiger partial charge >= 0.3 is 0 Å². The van der Waals surface area contributed by atoms with Gasteiger partial charge in [-0.2, -0.15) is 0 Å². The Morgan fingerprint density at radius 2 is 1.64 bits per heavy atom. The largest absolute Gasteiger partial charge is 0.352 e. The Bertz CT molecular complexity index is 803. The third-order valence-electron chi connectivity index (χ3n) is 3.59. The van der Waals surface area contributed by atoms with Crippen LogP contribution >= 0.6 is 11.6 Å². The zero-order valence-corrected chi connectivity index (χ0v) is 15.5. The molecule has 0 bridgehead atoms. The number of anilines is 1. The first-order valence-electron chi connectivity index (χ1n) is 8.09. The molecule has 2 N–H and O–H groups in total. The minimum absolute atomic E-state index is 0.0879. The normalized spacial score (nSPS) is 11.1. The van der Waals surface area contributed by atoms with Crippen molar-refractivity contribution < 1.29 is 13.2 Å². The molecule has 0 spiro atoms. The van der Waals surface area contributed by atoms with Gasteiger partial charge in [0.1, 0.15) is 0 Å². The fraction of sp³-hybridized carbons (Fsp3) is 0.278. The van der Waals surface area contributed by atoms with Crippen LogP contribution in [-0.4, -0.2) is 20.9 Å². The lowest BCUT2D eigenvalue weighted by atomic mass is 10.2. The quantitative estimate of drug-likeness (QED) is 0.678. The Morgan fingerprint density at radius 1 is 1.00 bits per heavy atom. The third-order valence-corrected chi connectivity index (χ3v) is 5.24. The lowest BCUT2D eigenvalue weighted by Gasteiger charge is -2.09. The van der Waals surface area contributed by atoms with Crippen LogP contribution in [0.5, 0.6) is 0 Å². The average Bonchev–Trinajstić information content (AvgIpc) is 2.60. The molecule has 2 rings (SSSR count). The van der Waals surface area contributed by atoms with Crippen molar-refractivity contribution in [3.05, 3.63) is 59.1 Å². The molecule has 134 valence electrons. The molecule has 0 atom stereocenters. The molecule has 0 aliphatic carbocycles. The number of unbranched alkanes of at least 4 members (excludes halogenated alkanes) is 2. The summed E-state index contributed by atoms with van der Waals surface area (Å²) in [7, 11) is -3.72. The first-order chi connectivity index (χ1) is 11.9. The summed E-state index contributed by atoms with van der Waals surface area (Å²) in [6, 6.07) is 12.2. The first kappa shape index (κ1) is 19.3. The van der Waals surface area contributed by atoms with E-state index < -0.39 is 10.0 Å². The third kappa shape index (κ3) is 5.76. The van der Waals surface area contributed by atoms with E-state index in [1.165, 1.54) is 24.3 Å². The minimum Gasteiger partial charge on any atom is -0.352 e. The molecule has 25 heavy (non-hydrogen) atoms. The summed E-state index contributed by atoms with van der Waals surface area (Å²) in [5.74, 6) is -0.203. The Balaban J connectivity index is 2.02. The highest BCUT2D eigenvalue weighted by Crippen LogP contribution is 2.18. The van der Waals surface area contributed by atoms with Gasteiger partial charge in [0, 0.05) is 22.8 Å². The summed E-state index contributed by atoms with van der Waals surface area (Å²) in [5, 5.41) is 3.35. The van der Waals surface area contributed by atoms with E-state index in [9.17, 15) is 13.2 Å². The van der Waals surface area contributed by atoms with Crippen LogP contribution in [0.25, 0.3) is 0 Å². The Morgan fingerprint density at radius 3 is 2.24 bits per heavy atom. The molecule has 0 heterocycles. The lowest BCUT2D eigenvalue weighted by molar-refractivity contribution is 0.0953. The molecule has 0 aromatic heterocycles. The van der Waals surface area contributed by atoms with Crippen molar-refractivity contribution in [2.45, 2.75) is 31.1 Å². The summed E-state index contributed by atoms with van der Waals surface area (Å²) in [6.45, 7) is 2.71. The van der Waals surface area contributed by atoms with Gasteiger partial charge in [-0.05, 0) is 55.0 Å². The highest BCUT2D eigenvalue weighted by atomic mass is 35.5. The number of hydrogen-bond donors (Lipinski definition) is 2. The van der Waals surface area contributed by atoms with E-state index in [0.29, 0.717) is 22.8 Å². The fourth-order valence-corrected chi connectivity index (χ4v) is 3.38. The molecule has 0 unspecified atom stereocenters. The van der Waals surface area contributed by atoms with E-state index in [1.807, 2.05) is 0 Å². The van der Waals surface area contributed by atoms with Crippen LogP contribution in [0.15, 0.2) is 53.4 Å². The number of carbonyl (C=O) groups excluding carboxylic acids is 1. The van der Waals surface area contributed by atoms with Gasteiger partial charge < -0.3 is 5.32 Å². The lowest BCUT2D eigenvalue weighted by Crippen LogP contribution is -2.24. The van der Waals surface area contributed by atoms with Gasteiger partial charge in [0.15, 0.2) is 0 Å². The Labute approximate surface area is 153 Å². The van der Waals surface area contributed by atoms with Gasteiger partial charge in [-0.15, -0.1) is 0 Å². The monoisotopic (exact) mass is 380 g/mol. The fourth-order valence-electron chi connectivity index (χ4n) is 2.20. The molecule has 0 saturated carbocycles. The van der Waals surface area contributed by atoms with Gasteiger partial charge in [0.2, 0.25) is 0 Å². The van der Waals surface area contributed by atoms with E-state index >= 15 is 0 Å².